The van der Waals surface area contributed by atoms with Gasteiger partial charge in [-0.3, -0.25) is 4.99 Å². The number of halogens is 1. The number of rotatable bonds is 4. The quantitative estimate of drug-likeness (QED) is 0.310. The van der Waals surface area contributed by atoms with E-state index in [1.807, 2.05) is 7.05 Å². The molecule has 5 nitrogen and oxygen atoms in total. The minimum absolute atomic E-state index is 0. The molecule has 24 heavy (non-hydrogen) atoms. The second kappa shape index (κ2) is 10.2. The van der Waals surface area contributed by atoms with Gasteiger partial charge in [0.2, 0.25) is 0 Å². The summed E-state index contributed by atoms with van der Waals surface area (Å²) in [7, 11) is 1.91. The maximum absolute atomic E-state index is 5.63. The Labute approximate surface area is 164 Å². The van der Waals surface area contributed by atoms with Crippen LogP contribution in [0.4, 0.5) is 0 Å². The first-order valence-corrected chi connectivity index (χ1v) is 9.57. The lowest BCUT2D eigenvalue weighted by Gasteiger charge is -2.25. The van der Waals surface area contributed by atoms with Crippen molar-refractivity contribution in [2.45, 2.75) is 44.9 Å². The van der Waals surface area contributed by atoms with E-state index in [0.717, 1.165) is 38.8 Å². The van der Waals surface area contributed by atoms with E-state index in [4.69, 9.17) is 4.74 Å². The van der Waals surface area contributed by atoms with E-state index in [1.54, 1.807) is 0 Å². The molecule has 0 aromatic rings. The predicted molar refractivity (Wildman–Crippen MR) is 110 cm³/mol. The molecule has 0 aromatic carbocycles. The van der Waals surface area contributed by atoms with Crippen molar-refractivity contribution >= 4 is 29.9 Å². The van der Waals surface area contributed by atoms with Crippen LogP contribution in [0.15, 0.2) is 4.99 Å². The van der Waals surface area contributed by atoms with Gasteiger partial charge in [-0.25, -0.2) is 0 Å². The first-order valence-electron chi connectivity index (χ1n) is 9.57. The van der Waals surface area contributed by atoms with Crippen molar-refractivity contribution in [2.75, 3.05) is 59.5 Å². The molecule has 1 N–H and O–H groups in total. The molecule has 3 fully saturated rings. The van der Waals surface area contributed by atoms with Gasteiger partial charge in [-0.1, -0.05) is 12.8 Å². The van der Waals surface area contributed by atoms with Gasteiger partial charge in [-0.2, -0.15) is 0 Å². The van der Waals surface area contributed by atoms with Crippen molar-refractivity contribution in [1.82, 2.24) is 15.1 Å². The zero-order valence-corrected chi connectivity index (χ0v) is 17.6. The van der Waals surface area contributed by atoms with Gasteiger partial charge in [0, 0.05) is 38.7 Å². The molecule has 1 spiro atoms. The van der Waals surface area contributed by atoms with Gasteiger partial charge in [0.25, 0.3) is 0 Å². The first-order chi connectivity index (χ1) is 11.3. The lowest BCUT2D eigenvalue weighted by molar-refractivity contribution is 0.156. The van der Waals surface area contributed by atoms with Crippen molar-refractivity contribution in [1.29, 1.82) is 0 Å². The van der Waals surface area contributed by atoms with E-state index >= 15 is 0 Å². The molecular formula is C18H35IN4O. The van der Waals surface area contributed by atoms with Crippen LogP contribution in [0.2, 0.25) is 0 Å². The molecule has 3 aliphatic rings. The molecule has 0 aromatic heterocycles. The van der Waals surface area contributed by atoms with Gasteiger partial charge in [0.15, 0.2) is 5.96 Å². The van der Waals surface area contributed by atoms with Crippen molar-refractivity contribution in [3.8, 4) is 0 Å². The maximum atomic E-state index is 5.63. The molecule has 140 valence electrons. The Morgan fingerprint density at radius 1 is 1.12 bits per heavy atom. The van der Waals surface area contributed by atoms with E-state index in [-0.39, 0.29) is 24.0 Å². The minimum atomic E-state index is 0. The van der Waals surface area contributed by atoms with Gasteiger partial charge < -0.3 is 19.9 Å². The van der Waals surface area contributed by atoms with Gasteiger partial charge in [0.05, 0.1) is 6.61 Å². The number of hydrogen-bond donors (Lipinski definition) is 1. The molecule has 6 heteroatoms. The molecule has 1 unspecified atom stereocenters. The predicted octanol–water partition coefficient (Wildman–Crippen LogP) is 2.56. The van der Waals surface area contributed by atoms with Crippen LogP contribution >= 0.6 is 24.0 Å². The van der Waals surface area contributed by atoms with Crippen LogP contribution in [0.1, 0.15) is 44.9 Å². The summed E-state index contributed by atoms with van der Waals surface area (Å²) in [5.41, 5.74) is 0.406. The third kappa shape index (κ3) is 5.46. The summed E-state index contributed by atoms with van der Waals surface area (Å²) >= 11 is 0. The van der Waals surface area contributed by atoms with E-state index in [1.165, 1.54) is 64.6 Å². The normalized spacial score (nSPS) is 28.9. The SMILES string of the molecule is CN=C(NCCCN1CCCCCC1)N1CCC2(CCOC2)C1.I. The zero-order valence-electron chi connectivity index (χ0n) is 15.3. The third-order valence-electron chi connectivity index (χ3n) is 5.77. The summed E-state index contributed by atoms with van der Waals surface area (Å²) in [5.74, 6) is 1.09. The minimum Gasteiger partial charge on any atom is -0.381 e. The Balaban J connectivity index is 0.00000208. The van der Waals surface area contributed by atoms with E-state index in [2.05, 4.69) is 20.1 Å². The highest BCUT2D eigenvalue weighted by Crippen LogP contribution is 2.38. The highest BCUT2D eigenvalue weighted by molar-refractivity contribution is 14.0. The number of likely N-dealkylation sites (tertiary alicyclic amines) is 2. The Kier molecular flexibility index (Phi) is 8.57. The van der Waals surface area contributed by atoms with Crippen molar-refractivity contribution in [3.05, 3.63) is 0 Å². The van der Waals surface area contributed by atoms with E-state index < -0.39 is 0 Å². The number of nitrogens with one attached hydrogen (secondary N) is 1. The van der Waals surface area contributed by atoms with Crippen molar-refractivity contribution in [3.63, 3.8) is 0 Å². The molecule has 1 atom stereocenters. The number of aliphatic imine (C=N–C) groups is 1. The highest BCUT2D eigenvalue weighted by Gasteiger charge is 2.42. The second-order valence-corrected chi connectivity index (χ2v) is 7.56. The topological polar surface area (TPSA) is 40.1 Å². The number of nitrogens with zero attached hydrogens (tertiary/aromatic N) is 3. The molecule has 3 heterocycles. The lowest BCUT2D eigenvalue weighted by Crippen LogP contribution is -2.42. The average molecular weight is 450 g/mol. The number of guanidine groups is 1. The lowest BCUT2D eigenvalue weighted by atomic mass is 9.87. The summed E-state index contributed by atoms with van der Waals surface area (Å²) in [6.07, 6.45) is 9.28. The maximum Gasteiger partial charge on any atom is 0.193 e. The molecule has 0 aliphatic carbocycles. The smallest absolute Gasteiger partial charge is 0.193 e. The standard InChI is InChI=1S/C18H34N4O.HI/c1-19-17(22-13-7-18(15-22)8-14-23-16-18)20-9-6-12-21-10-4-2-3-5-11-21;/h2-16H2,1H3,(H,19,20);1H. The molecule has 3 rings (SSSR count). The van der Waals surface area contributed by atoms with Crippen LogP contribution in [-0.4, -0.2) is 75.3 Å². The fourth-order valence-corrected chi connectivity index (χ4v) is 4.28. The Morgan fingerprint density at radius 3 is 2.58 bits per heavy atom. The molecular weight excluding hydrogens is 415 g/mol. The molecule has 3 saturated heterocycles. The summed E-state index contributed by atoms with van der Waals surface area (Å²) in [6, 6.07) is 0. The third-order valence-corrected chi connectivity index (χ3v) is 5.77. The van der Waals surface area contributed by atoms with Crippen LogP contribution in [0.5, 0.6) is 0 Å². The fourth-order valence-electron chi connectivity index (χ4n) is 4.28. The summed E-state index contributed by atoms with van der Waals surface area (Å²) in [5, 5.41) is 3.58. The average Bonchev–Trinajstić information content (AvgIpc) is 3.12. The van der Waals surface area contributed by atoms with Crippen LogP contribution < -0.4 is 5.32 Å². The van der Waals surface area contributed by atoms with Gasteiger partial charge in [-0.05, 0) is 51.7 Å². The van der Waals surface area contributed by atoms with E-state index in [9.17, 15) is 0 Å². The largest absolute Gasteiger partial charge is 0.381 e. The molecule has 0 bridgehead atoms. The molecule has 0 saturated carbocycles. The Morgan fingerprint density at radius 2 is 1.92 bits per heavy atom. The van der Waals surface area contributed by atoms with Gasteiger partial charge in [-0.15, -0.1) is 24.0 Å². The Hall–Kier alpha value is -0.0800. The van der Waals surface area contributed by atoms with Crippen LogP contribution in [0.25, 0.3) is 0 Å². The molecule has 3 aliphatic heterocycles. The summed E-state index contributed by atoms with van der Waals surface area (Å²) < 4.78 is 5.63. The van der Waals surface area contributed by atoms with Crippen molar-refractivity contribution < 1.29 is 4.74 Å². The summed E-state index contributed by atoms with van der Waals surface area (Å²) in [6.45, 7) is 8.96. The van der Waals surface area contributed by atoms with Gasteiger partial charge >= 0.3 is 0 Å². The second-order valence-electron chi connectivity index (χ2n) is 7.56. The zero-order chi connectivity index (χ0) is 16.0. The fraction of sp³-hybridized carbons (Fsp3) is 0.944. The molecule has 0 amide bonds. The Bertz CT molecular complexity index is 390. The summed E-state index contributed by atoms with van der Waals surface area (Å²) in [4.78, 5) is 9.57. The van der Waals surface area contributed by atoms with Crippen molar-refractivity contribution in [2.24, 2.45) is 10.4 Å². The van der Waals surface area contributed by atoms with Gasteiger partial charge in [0.1, 0.15) is 0 Å². The van der Waals surface area contributed by atoms with Crippen LogP contribution in [0.3, 0.4) is 0 Å². The van der Waals surface area contributed by atoms with Crippen LogP contribution in [0, 0.1) is 5.41 Å². The highest BCUT2D eigenvalue weighted by atomic mass is 127. The number of ether oxygens (including phenoxy) is 1. The monoisotopic (exact) mass is 450 g/mol. The number of hydrogen-bond acceptors (Lipinski definition) is 3. The first kappa shape index (κ1) is 20.2. The molecule has 0 radical (unpaired) electrons. The van der Waals surface area contributed by atoms with E-state index in [0.29, 0.717) is 5.41 Å². The van der Waals surface area contributed by atoms with Crippen LogP contribution in [-0.2, 0) is 4.74 Å².